The third-order valence-electron chi connectivity index (χ3n) is 7.33. The number of aliphatic carboxylic acids is 1. The van der Waals surface area contributed by atoms with Crippen molar-refractivity contribution in [1.82, 2.24) is 15.1 Å². The molecule has 0 aliphatic carbocycles. The van der Waals surface area contributed by atoms with E-state index in [1.54, 1.807) is 18.2 Å². The van der Waals surface area contributed by atoms with E-state index in [2.05, 4.69) is 36.5 Å². The Morgan fingerprint density at radius 2 is 1.60 bits per heavy atom. The molecule has 0 spiro atoms. The van der Waals surface area contributed by atoms with Crippen LogP contribution in [0.5, 0.6) is 5.75 Å². The summed E-state index contributed by atoms with van der Waals surface area (Å²) in [5.41, 5.74) is 5.92. The van der Waals surface area contributed by atoms with E-state index in [4.69, 9.17) is 38.1 Å². The maximum atomic E-state index is 12.5. The van der Waals surface area contributed by atoms with Crippen molar-refractivity contribution in [3.05, 3.63) is 106 Å². The van der Waals surface area contributed by atoms with Crippen LogP contribution in [-0.2, 0) is 4.79 Å². The van der Waals surface area contributed by atoms with Crippen LogP contribution in [0, 0.1) is 6.92 Å². The fourth-order valence-electron chi connectivity index (χ4n) is 5.18. The number of hydrogen-bond donors (Lipinski definition) is 2. The number of benzene rings is 4. The van der Waals surface area contributed by atoms with Crippen LogP contribution in [0.1, 0.15) is 47.8 Å². The fraction of sp³-hybridized carbons (Fsp3) is 0.206. The number of nitrogens with one attached hydrogen (secondary N) is 1. The SMILES string of the molecule is CCOc1ccc2cc(-c3c(C)c(-c4cc(Cl)cc(Cl)c4)nn3C(C)c3ccc(C(=O)NCCC(=O)O)cc3)ccc2c1. The van der Waals surface area contributed by atoms with Gasteiger partial charge in [0.2, 0.25) is 0 Å². The predicted molar refractivity (Wildman–Crippen MR) is 171 cm³/mol. The molecule has 0 aliphatic rings. The summed E-state index contributed by atoms with van der Waals surface area (Å²) in [6, 6.07) is 24.9. The first-order valence-corrected chi connectivity index (χ1v) is 14.7. The zero-order valence-corrected chi connectivity index (χ0v) is 25.5. The minimum absolute atomic E-state index is 0.0667. The highest BCUT2D eigenvalue weighted by Gasteiger charge is 2.23. The Labute approximate surface area is 260 Å². The molecular formula is C34H31Cl2N3O4. The van der Waals surface area contributed by atoms with Gasteiger partial charge >= 0.3 is 5.97 Å². The standard InChI is InChI=1S/C34H31Cl2N3O4/c1-4-43-30-12-11-24-15-26(10-9-25(24)18-30)33-20(2)32(27-16-28(35)19-29(36)17-27)38-39(33)21(3)22-5-7-23(8-6-22)34(42)37-14-13-31(40)41/h5-12,15-19,21H,4,13-14H2,1-3H3,(H,37,42)(H,40,41). The Balaban J connectivity index is 1.56. The Hall–Kier alpha value is -4.33. The van der Waals surface area contributed by atoms with Crippen molar-refractivity contribution in [1.29, 1.82) is 0 Å². The molecule has 2 N–H and O–H groups in total. The van der Waals surface area contributed by atoms with E-state index in [1.165, 1.54) is 0 Å². The third-order valence-corrected chi connectivity index (χ3v) is 7.76. The van der Waals surface area contributed by atoms with Crippen LogP contribution < -0.4 is 10.1 Å². The van der Waals surface area contributed by atoms with Gasteiger partial charge in [-0.05, 0) is 85.6 Å². The molecular weight excluding hydrogens is 585 g/mol. The molecule has 220 valence electrons. The molecule has 5 rings (SSSR count). The second kappa shape index (κ2) is 12.9. The van der Waals surface area contributed by atoms with Gasteiger partial charge < -0.3 is 15.2 Å². The van der Waals surface area contributed by atoms with Crippen molar-refractivity contribution in [3.63, 3.8) is 0 Å². The largest absolute Gasteiger partial charge is 0.494 e. The van der Waals surface area contributed by atoms with Gasteiger partial charge in [-0.1, -0.05) is 53.5 Å². The lowest BCUT2D eigenvalue weighted by molar-refractivity contribution is -0.136. The van der Waals surface area contributed by atoms with Crippen molar-refractivity contribution < 1.29 is 19.4 Å². The van der Waals surface area contributed by atoms with Crippen molar-refractivity contribution in [2.75, 3.05) is 13.2 Å². The number of carboxylic acids is 1. The maximum Gasteiger partial charge on any atom is 0.305 e. The van der Waals surface area contributed by atoms with Crippen LogP contribution in [0.3, 0.4) is 0 Å². The molecule has 0 radical (unpaired) electrons. The number of carboxylic acid groups (broad SMARTS) is 1. The fourth-order valence-corrected chi connectivity index (χ4v) is 5.70. The molecule has 1 unspecified atom stereocenters. The first-order valence-electron chi connectivity index (χ1n) is 14.0. The van der Waals surface area contributed by atoms with Crippen molar-refractivity contribution >= 4 is 45.9 Å². The van der Waals surface area contributed by atoms with E-state index in [0.717, 1.165) is 50.2 Å². The zero-order chi connectivity index (χ0) is 30.7. The summed E-state index contributed by atoms with van der Waals surface area (Å²) >= 11 is 12.7. The number of carbonyl (C=O) groups excluding carboxylic acids is 1. The second-order valence-corrected chi connectivity index (χ2v) is 11.2. The summed E-state index contributed by atoms with van der Waals surface area (Å²) in [7, 11) is 0. The van der Waals surface area contributed by atoms with E-state index in [1.807, 2.05) is 54.9 Å². The summed E-state index contributed by atoms with van der Waals surface area (Å²) < 4.78 is 7.68. The molecule has 4 aromatic carbocycles. The highest BCUT2D eigenvalue weighted by Crippen LogP contribution is 2.38. The first-order chi connectivity index (χ1) is 20.6. The van der Waals surface area contributed by atoms with E-state index in [9.17, 15) is 9.59 Å². The normalized spacial score (nSPS) is 11.8. The van der Waals surface area contributed by atoms with Crippen LogP contribution >= 0.6 is 23.2 Å². The lowest BCUT2D eigenvalue weighted by Crippen LogP contribution is -2.26. The summed E-state index contributed by atoms with van der Waals surface area (Å²) in [6.07, 6.45) is -0.134. The smallest absolute Gasteiger partial charge is 0.305 e. The summed E-state index contributed by atoms with van der Waals surface area (Å²) in [6.45, 7) is 6.74. The first kappa shape index (κ1) is 30.1. The number of fused-ring (bicyclic) bond motifs is 1. The Morgan fingerprint density at radius 1 is 0.930 bits per heavy atom. The summed E-state index contributed by atoms with van der Waals surface area (Å²) in [5.74, 6) is -0.451. The average molecular weight is 617 g/mol. The molecule has 0 fully saturated rings. The molecule has 0 saturated heterocycles. The van der Waals surface area contributed by atoms with Crippen LogP contribution in [0.2, 0.25) is 10.0 Å². The quantitative estimate of drug-likeness (QED) is 0.165. The lowest BCUT2D eigenvalue weighted by Gasteiger charge is -2.18. The van der Waals surface area contributed by atoms with Gasteiger partial charge in [0.15, 0.2) is 0 Å². The number of carbonyl (C=O) groups is 2. The summed E-state index contributed by atoms with van der Waals surface area (Å²) in [4.78, 5) is 23.3. The van der Waals surface area contributed by atoms with Crippen LogP contribution in [0.25, 0.3) is 33.3 Å². The highest BCUT2D eigenvalue weighted by atomic mass is 35.5. The molecule has 1 amide bonds. The van der Waals surface area contributed by atoms with Gasteiger partial charge in [-0.25, -0.2) is 0 Å². The monoisotopic (exact) mass is 615 g/mol. The maximum absolute atomic E-state index is 12.5. The molecule has 0 saturated carbocycles. The van der Waals surface area contributed by atoms with Gasteiger partial charge in [-0.15, -0.1) is 0 Å². The van der Waals surface area contributed by atoms with E-state index < -0.39 is 5.97 Å². The molecule has 1 atom stereocenters. The van der Waals surface area contributed by atoms with E-state index in [0.29, 0.717) is 22.2 Å². The molecule has 0 bridgehead atoms. The minimum atomic E-state index is -0.962. The second-order valence-electron chi connectivity index (χ2n) is 10.3. The van der Waals surface area contributed by atoms with Crippen molar-refractivity contribution in [2.45, 2.75) is 33.2 Å². The Bertz CT molecular complexity index is 1800. The van der Waals surface area contributed by atoms with Gasteiger partial charge in [0.05, 0.1) is 30.5 Å². The van der Waals surface area contributed by atoms with Gasteiger partial charge in [0, 0.05) is 38.8 Å². The molecule has 7 nitrogen and oxygen atoms in total. The number of amides is 1. The zero-order valence-electron chi connectivity index (χ0n) is 24.0. The Morgan fingerprint density at radius 3 is 2.28 bits per heavy atom. The topological polar surface area (TPSA) is 93.5 Å². The van der Waals surface area contributed by atoms with Crippen molar-refractivity contribution in [3.8, 4) is 28.3 Å². The molecule has 0 aliphatic heterocycles. The van der Waals surface area contributed by atoms with Crippen molar-refractivity contribution in [2.24, 2.45) is 0 Å². The van der Waals surface area contributed by atoms with Gasteiger partial charge in [0.25, 0.3) is 5.91 Å². The number of ether oxygens (including phenoxy) is 1. The lowest BCUT2D eigenvalue weighted by atomic mass is 9.99. The third kappa shape index (κ3) is 6.69. The predicted octanol–water partition coefficient (Wildman–Crippen LogP) is 8.20. The van der Waals surface area contributed by atoms with E-state index in [-0.39, 0.29) is 24.9 Å². The number of halogens is 2. The average Bonchev–Trinajstić information content (AvgIpc) is 3.33. The minimum Gasteiger partial charge on any atom is -0.494 e. The van der Waals surface area contributed by atoms with Gasteiger partial charge in [0.1, 0.15) is 5.75 Å². The number of rotatable bonds is 10. The van der Waals surface area contributed by atoms with Crippen LogP contribution in [-0.4, -0.2) is 39.9 Å². The van der Waals surface area contributed by atoms with E-state index >= 15 is 0 Å². The number of nitrogens with zero attached hydrogens (tertiary/aromatic N) is 2. The molecule has 9 heteroatoms. The van der Waals surface area contributed by atoms with Gasteiger partial charge in [-0.3, -0.25) is 14.3 Å². The molecule has 1 aromatic heterocycles. The summed E-state index contributed by atoms with van der Waals surface area (Å²) in [5, 5.41) is 19.8. The number of hydrogen-bond acceptors (Lipinski definition) is 4. The molecule has 5 aromatic rings. The van der Waals surface area contributed by atoms with Crippen LogP contribution in [0.15, 0.2) is 78.9 Å². The Kier molecular flexibility index (Phi) is 9.04. The molecule has 43 heavy (non-hydrogen) atoms. The van der Waals surface area contributed by atoms with Gasteiger partial charge in [-0.2, -0.15) is 5.10 Å². The molecule has 1 heterocycles. The van der Waals surface area contributed by atoms with Crippen LogP contribution in [0.4, 0.5) is 0 Å². The number of aromatic nitrogens is 2. The highest BCUT2D eigenvalue weighted by molar-refractivity contribution is 6.35.